The highest BCUT2D eigenvalue weighted by Gasteiger charge is 2.20. The molecule has 1 heterocycles. The van der Waals surface area contributed by atoms with Crippen LogP contribution in [0.15, 0.2) is 53.7 Å². The molecule has 1 unspecified atom stereocenters. The largest absolute Gasteiger partial charge is 0.494 e. The summed E-state index contributed by atoms with van der Waals surface area (Å²) in [6, 6.07) is 16.7. The summed E-state index contributed by atoms with van der Waals surface area (Å²) in [7, 11) is 0. The van der Waals surface area contributed by atoms with Gasteiger partial charge in [0, 0.05) is 28.1 Å². The van der Waals surface area contributed by atoms with Gasteiger partial charge in [-0.2, -0.15) is 0 Å². The Labute approximate surface area is 244 Å². The number of ether oxygens (including phenoxy) is 2. The number of aromatic nitrogens is 1. The van der Waals surface area contributed by atoms with Gasteiger partial charge in [0.25, 0.3) is 0 Å². The first-order valence-electron chi connectivity index (χ1n) is 14.4. The molecule has 3 aromatic rings. The molecule has 218 valence electrons. The third-order valence-corrected chi connectivity index (χ3v) is 8.27. The van der Waals surface area contributed by atoms with E-state index in [4.69, 9.17) is 25.4 Å². The van der Waals surface area contributed by atoms with Gasteiger partial charge in [0.05, 0.1) is 23.9 Å². The molecule has 40 heavy (non-hydrogen) atoms. The topological polar surface area (TPSA) is 93.2 Å². The van der Waals surface area contributed by atoms with E-state index < -0.39 is 0 Å². The number of nitrogens with two attached hydrogens (primary N) is 1. The number of benzene rings is 2. The highest BCUT2D eigenvalue weighted by atomic mass is 32.1. The molecule has 0 radical (unpaired) electrons. The van der Waals surface area contributed by atoms with Crippen LogP contribution in [0.3, 0.4) is 0 Å². The van der Waals surface area contributed by atoms with Crippen LogP contribution in [-0.2, 0) is 0 Å². The van der Waals surface area contributed by atoms with E-state index in [1.165, 1.54) is 4.88 Å². The van der Waals surface area contributed by atoms with Gasteiger partial charge in [-0.1, -0.05) is 12.1 Å². The maximum Gasteiger partial charge on any atom is 0.170 e. The van der Waals surface area contributed by atoms with Crippen molar-refractivity contribution in [2.24, 2.45) is 10.9 Å². The van der Waals surface area contributed by atoms with Crippen molar-refractivity contribution in [2.45, 2.75) is 85.2 Å². The monoisotopic (exact) mass is 566 g/mol. The van der Waals surface area contributed by atoms with E-state index in [9.17, 15) is 0 Å². The van der Waals surface area contributed by atoms with Crippen LogP contribution in [0.2, 0.25) is 0 Å². The number of thiazole rings is 1. The Morgan fingerprint density at radius 3 is 1.98 bits per heavy atom. The van der Waals surface area contributed by atoms with Crippen LogP contribution >= 0.6 is 11.3 Å². The number of oxime groups is 1. The van der Waals surface area contributed by atoms with Gasteiger partial charge in [0.15, 0.2) is 5.84 Å². The Kier molecular flexibility index (Phi) is 12.3. The lowest BCUT2D eigenvalue weighted by Crippen LogP contribution is -2.38. The minimum absolute atomic E-state index is 0.0876. The van der Waals surface area contributed by atoms with Crippen molar-refractivity contribution >= 4 is 17.2 Å². The van der Waals surface area contributed by atoms with Crippen molar-refractivity contribution in [1.29, 1.82) is 0 Å². The lowest BCUT2D eigenvalue weighted by Gasteiger charge is -2.31. The van der Waals surface area contributed by atoms with Gasteiger partial charge < -0.3 is 20.4 Å². The smallest absolute Gasteiger partial charge is 0.170 e. The molecule has 1 aromatic heterocycles. The molecule has 3 rings (SSSR count). The second kappa shape index (κ2) is 15.6. The number of hydrogen-bond acceptors (Lipinski definition) is 7. The molecule has 8 heteroatoms. The normalized spacial score (nSPS) is 12.9. The number of rotatable bonds is 16. The van der Waals surface area contributed by atoms with Gasteiger partial charge >= 0.3 is 0 Å². The SMILES string of the molecule is Cc1nc(-c2ccc(OCCCCCOc3ccc(C(N)=NO)cc3)cc2)c(C(C)CCN(C(C)C)C(C)C)s1. The van der Waals surface area contributed by atoms with E-state index in [-0.39, 0.29) is 5.84 Å². The van der Waals surface area contributed by atoms with E-state index in [0.29, 0.717) is 36.8 Å². The second-order valence-corrected chi connectivity index (χ2v) is 12.1. The van der Waals surface area contributed by atoms with E-state index in [1.807, 2.05) is 23.5 Å². The predicted octanol–water partition coefficient (Wildman–Crippen LogP) is 7.45. The van der Waals surface area contributed by atoms with Gasteiger partial charge in [-0.05, 0) is 121 Å². The third kappa shape index (κ3) is 9.24. The molecule has 0 fully saturated rings. The molecule has 0 aliphatic carbocycles. The van der Waals surface area contributed by atoms with Crippen molar-refractivity contribution in [3.63, 3.8) is 0 Å². The van der Waals surface area contributed by atoms with Gasteiger partial charge in [-0.15, -0.1) is 11.3 Å². The average Bonchev–Trinajstić information content (AvgIpc) is 3.34. The molecule has 2 aromatic carbocycles. The summed E-state index contributed by atoms with van der Waals surface area (Å²) in [4.78, 5) is 8.84. The first-order valence-corrected chi connectivity index (χ1v) is 15.2. The van der Waals surface area contributed by atoms with E-state index in [0.717, 1.165) is 60.0 Å². The number of amidine groups is 1. The summed E-state index contributed by atoms with van der Waals surface area (Å²) in [6.07, 6.45) is 4.05. The molecule has 0 amide bonds. The lowest BCUT2D eigenvalue weighted by molar-refractivity contribution is 0.170. The van der Waals surface area contributed by atoms with E-state index >= 15 is 0 Å². The second-order valence-electron chi connectivity index (χ2n) is 10.9. The fourth-order valence-electron chi connectivity index (χ4n) is 4.82. The van der Waals surface area contributed by atoms with Gasteiger partial charge in [-0.25, -0.2) is 4.98 Å². The van der Waals surface area contributed by atoms with Crippen LogP contribution in [-0.4, -0.2) is 52.8 Å². The molecular weight excluding hydrogens is 520 g/mol. The fourth-order valence-corrected chi connectivity index (χ4v) is 5.85. The maximum atomic E-state index is 8.74. The van der Waals surface area contributed by atoms with Crippen LogP contribution in [0.1, 0.15) is 81.7 Å². The molecule has 7 nitrogen and oxygen atoms in total. The zero-order valence-electron chi connectivity index (χ0n) is 24.9. The van der Waals surface area contributed by atoms with Crippen LogP contribution in [0.5, 0.6) is 11.5 Å². The Morgan fingerprint density at radius 2 is 1.45 bits per heavy atom. The number of unbranched alkanes of at least 4 members (excludes halogenated alkanes) is 2. The van der Waals surface area contributed by atoms with Gasteiger partial charge in [0.2, 0.25) is 0 Å². The van der Waals surface area contributed by atoms with Crippen molar-refractivity contribution in [3.05, 3.63) is 64.0 Å². The quantitative estimate of drug-likeness (QED) is 0.0615. The summed E-state index contributed by atoms with van der Waals surface area (Å²) in [5.41, 5.74) is 8.51. The number of nitrogens with zero attached hydrogens (tertiary/aromatic N) is 3. The molecule has 0 spiro atoms. The van der Waals surface area contributed by atoms with Gasteiger partial charge in [-0.3, -0.25) is 4.90 Å². The van der Waals surface area contributed by atoms with Crippen LogP contribution in [0.4, 0.5) is 0 Å². The van der Waals surface area contributed by atoms with Crippen LogP contribution in [0.25, 0.3) is 11.3 Å². The molecule has 1 atom stereocenters. The minimum Gasteiger partial charge on any atom is -0.494 e. The third-order valence-electron chi connectivity index (χ3n) is 7.07. The van der Waals surface area contributed by atoms with Crippen molar-refractivity contribution in [1.82, 2.24) is 9.88 Å². The highest BCUT2D eigenvalue weighted by Crippen LogP contribution is 2.36. The Morgan fingerprint density at radius 1 is 0.900 bits per heavy atom. The zero-order valence-corrected chi connectivity index (χ0v) is 25.7. The summed E-state index contributed by atoms with van der Waals surface area (Å²) < 4.78 is 11.8. The summed E-state index contributed by atoms with van der Waals surface area (Å²) in [5.74, 6) is 2.20. The molecular formula is C32H46N4O3S. The summed E-state index contributed by atoms with van der Waals surface area (Å²) in [6.45, 7) is 16.0. The fraction of sp³-hybridized carbons (Fsp3) is 0.500. The molecule has 0 saturated heterocycles. The Balaban J connectivity index is 1.42. The van der Waals surface area contributed by atoms with Gasteiger partial charge in [0.1, 0.15) is 11.5 Å². The van der Waals surface area contributed by atoms with Crippen molar-refractivity contribution in [2.75, 3.05) is 19.8 Å². The van der Waals surface area contributed by atoms with E-state index in [1.54, 1.807) is 12.1 Å². The molecule has 0 bridgehead atoms. The molecule has 0 aliphatic rings. The summed E-state index contributed by atoms with van der Waals surface area (Å²) in [5, 5.41) is 12.9. The summed E-state index contributed by atoms with van der Waals surface area (Å²) >= 11 is 1.82. The lowest BCUT2D eigenvalue weighted by atomic mass is 10.00. The number of aryl methyl sites for hydroxylation is 1. The molecule has 0 aliphatic heterocycles. The van der Waals surface area contributed by atoms with Crippen LogP contribution < -0.4 is 15.2 Å². The van der Waals surface area contributed by atoms with E-state index in [2.05, 4.69) is 75.9 Å². The van der Waals surface area contributed by atoms with Crippen LogP contribution in [0, 0.1) is 6.92 Å². The van der Waals surface area contributed by atoms with Crippen molar-refractivity contribution < 1.29 is 14.7 Å². The molecule has 3 N–H and O–H groups in total. The Hall–Kier alpha value is -3.10. The first-order chi connectivity index (χ1) is 19.2. The maximum absolute atomic E-state index is 8.74. The predicted molar refractivity (Wildman–Crippen MR) is 166 cm³/mol. The number of hydrogen-bond donors (Lipinski definition) is 2. The minimum atomic E-state index is 0.0876. The first kappa shape index (κ1) is 31.4. The zero-order chi connectivity index (χ0) is 29.1. The Bertz CT molecular complexity index is 1180. The average molecular weight is 567 g/mol. The standard InChI is InChI=1S/C32H46N4O3S/c1-22(2)36(23(3)4)19-18-24(5)31-30(34-25(6)40-31)26-10-14-28(15-11-26)38-20-8-7-9-21-39-29-16-12-27(13-17-29)32(33)35-37/h10-17,22-24,37H,7-9,18-21H2,1-6H3,(H2,33,35). The molecule has 0 saturated carbocycles. The highest BCUT2D eigenvalue weighted by molar-refractivity contribution is 7.12. The van der Waals surface area contributed by atoms with Crippen molar-refractivity contribution in [3.8, 4) is 22.8 Å².